The smallest absolute Gasteiger partial charge is 0.269 e. The molecule has 2 aromatic heterocycles. The maximum Gasteiger partial charge on any atom is 0.269 e. The summed E-state index contributed by atoms with van der Waals surface area (Å²) in [5.41, 5.74) is 7.36. The van der Waals surface area contributed by atoms with E-state index in [1.54, 1.807) is 42.3 Å². The van der Waals surface area contributed by atoms with Crippen LogP contribution in [-0.2, 0) is 13.6 Å². The van der Waals surface area contributed by atoms with E-state index in [-0.39, 0.29) is 23.7 Å². The zero-order chi connectivity index (χ0) is 24.2. The Bertz CT molecular complexity index is 1310. The summed E-state index contributed by atoms with van der Waals surface area (Å²) in [6.45, 7) is 0.0341. The van der Waals surface area contributed by atoms with Crippen molar-refractivity contribution in [3.63, 3.8) is 0 Å². The van der Waals surface area contributed by atoms with Crippen LogP contribution in [-0.4, -0.2) is 36.7 Å². The van der Waals surface area contributed by atoms with Crippen LogP contribution in [0.25, 0.3) is 22.0 Å². The zero-order valence-corrected chi connectivity index (χ0v) is 18.9. The van der Waals surface area contributed by atoms with Gasteiger partial charge in [-0.2, -0.15) is 10.2 Å². The number of primary amides is 1. The predicted octanol–water partition coefficient (Wildman–Crippen LogP) is 4.17. The molecule has 7 nitrogen and oxygen atoms in total. The van der Waals surface area contributed by atoms with Crippen LogP contribution in [0.3, 0.4) is 0 Å². The number of aliphatic hydroxyl groups is 1. The van der Waals surface area contributed by atoms with Crippen molar-refractivity contribution >= 4 is 16.8 Å². The number of aromatic nitrogens is 4. The van der Waals surface area contributed by atoms with Crippen molar-refractivity contribution in [3.05, 3.63) is 71.7 Å². The first-order valence-corrected chi connectivity index (χ1v) is 11.2. The fraction of sp³-hybridized carbons (Fsp3) is 0.320. The number of nitrogens with two attached hydrogens (primary N) is 1. The largest absolute Gasteiger partial charge is 0.393 e. The van der Waals surface area contributed by atoms with E-state index in [0.717, 1.165) is 18.4 Å². The molecule has 0 saturated heterocycles. The number of rotatable bonds is 4. The minimum Gasteiger partial charge on any atom is -0.393 e. The number of aliphatic hydroxyl groups excluding tert-OH is 1. The third kappa shape index (κ3) is 5.14. The van der Waals surface area contributed by atoms with Gasteiger partial charge in [-0.25, -0.2) is 8.78 Å². The van der Waals surface area contributed by atoms with Crippen molar-refractivity contribution in [3.8, 4) is 11.1 Å². The van der Waals surface area contributed by atoms with Crippen molar-refractivity contribution in [1.82, 2.24) is 19.6 Å². The maximum absolute atomic E-state index is 14.6. The minimum absolute atomic E-state index is 0.0341. The van der Waals surface area contributed by atoms with E-state index in [1.165, 1.54) is 42.1 Å². The third-order valence-corrected chi connectivity index (χ3v) is 5.95. The van der Waals surface area contributed by atoms with Crippen molar-refractivity contribution in [2.75, 3.05) is 0 Å². The van der Waals surface area contributed by atoms with Gasteiger partial charge in [0, 0.05) is 24.4 Å². The van der Waals surface area contributed by atoms with Gasteiger partial charge in [-0.05, 0) is 36.6 Å². The Kier molecular flexibility index (Phi) is 7.02. The first-order valence-electron chi connectivity index (χ1n) is 11.2. The van der Waals surface area contributed by atoms with E-state index >= 15 is 0 Å². The van der Waals surface area contributed by atoms with Crippen molar-refractivity contribution in [2.24, 2.45) is 12.8 Å². The molecule has 1 fully saturated rings. The lowest BCUT2D eigenvalue weighted by molar-refractivity contribution is 0.0996. The monoisotopic (exact) mass is 467 g/mol. The topological polar surface area (TPSA) is 99.0 Å². The van der Waals surface area contributed by atoms with E-state index in [1.807, 2.05) is 0 Å². The molecule has 1 aliphatic carbocycles. The summed E-state index contributed by atoms with van der Waals surface area (Å²) in [4.78, 5) is 11.6. The van der Waals surface area contributed by atoms with Gasteiger partial charge in [-0.3, -0.25) is 14.2 Å². The lowest BCUT2D eigenvalue weighted by Crippen LogP contribution is -2.13. The van der Waals surface area contributed by atoms with Crippen LogP contribution in [0, 0.1) is 11.6 Å². The summed E-state index contributed by atoms with van der Waals surface area (Å²) in [6.07, 6.45) is 9.36. The predicted molar refractivity (Wildman–Crippen MR) is 125 cm³/mol. The van der Waals surface area contributed by atoms with Crippen LogP contribution in [0.2, 0.25) is 0 Å². The number of halogens is 2. The van der Waals surface area contributed by atoms with E-state index in [0.29, 0.717) is 16.6 Å². The second-order valence-corrected chi connectivity index (χ2v) is 8.51. The van der Waals surface area contributed by atoms with E-state index in [4.69, 9.17) is 10.8 Å². The molecule has 0 bridgehead atoms. The number of hydrogen-bond donors (Lipinski definition) is 2. The number of carbonyl (C=O) groups excluding carboxylic acids is 1. The van der Waals surface area contributed by atoms with Crippen LogP contribution < -0.4 is 5.73 Å². The highest BCUT2D eigenvalue weighted by Crippen LogP contribution is 2.25. The van der Waals surface area contributed by atoms with Gasteiger partial charge < -0.3 is 10.8 Å². The molecule has 0 atom stereocenters. The molecule has 1 aliphatic rings. The van der Waals surface area contributed by atoms with Crippen LogP contribution in [0.1, 0.15) is 48.2 Å². The summed E-state index contributed by atoms with van der Waals surface area (Å²) in [6, 6.07) is 9.16. The Morgan fingerprint density at radius 2 is 1.88 bits per heavy atom. The Hall–Kier alpha value is -3.59. The quantitative estimate of drug-likeness (QED) is 0.471. The average molecular weight is 468 g/mol. The van der Waals surface area contributed by atoms with Gasteiger partial charge in [-0.15, -0.1) is 0 Å². The number of aryl methyl sites for hydroxylation is 1. The maximum atomic E-state index is 14.6. The van der Waals surface area contributed by atoms with Gasteiger partial charge in [0.1, 0.15) is 11.6 Å². The van der Waals surface area contributed by atoms with Crippen molar-refractivity contribution in [2.45, 2.75) is 44.8 Å². The average Bonchev–Trinajstić information content (AvgIpc) is 3.41. The van der Waals surface area contributed by atoms with Gasteiger partial charge in [0.25, 0.3) is 5.91 Å². The highest BCUT2D eigenvalue weighted by atomic mass is 19.1. The van der Waals surface area contributed by atoms with E-state index < -0.39 is 17.5 Å². The molecular weight excluding hydrogens is 440 g/mol. The second kappa shape index (κ2) is 10.1. The summed E-state index contributed by atoms with van der Waals surface area (Å²) in [5.74, 6) is -1.87. The number of nitrogens with zero attached hydrogens (tertiary/aromatic N) is 4. The first-order chi connectivity index (χ1) is 16.3. The number of hydrogen-bond acceptors (Lipinski definition) is 4. The van der Waals surface area contributed by atoms with Crippen LogP contribution in [0.15, 0.2) is 48.8 Å². The molecule has 5 rings (SSSR count). The number of benzene rings is 2. The number of fused-ring (bicyclic) bond motifs is 1. The van der Waals surface area contributed by atoms with Crippen molar-refractivity contribution in [1.29, 1.82) is 0 Å². The van der Waals surface area contributed by atoms with Gasteiger partial charge in [0.05, 0.1) is 29.7 Å². The molecule has 2 aromatic carbocycles. The molecule has 178 valence electrons. The molecule has 9 heteroatoms. The van der Waals surface area contributed by atoms with Gasteiger partial charge in [0.2, 0.25) is 0 Å². The van der Waals surface area contributed by atoms with E-state index in [2.05, 4.69) is 10.2 Å². The molecule has 1 saturated carbocycles. The number of carbonyl (C=O) groups is 1. The molecule has 1 amide bonds. The molecule has 0 radical (unpaired) electrons. The highest BCUT2D eigenvalue weighted by Gasteiger charge is 2.19. The molecule has 2 heterocycles. The standard InChI is InChI=1S/C19H15F2N5O.C6H12O/c1-25-9-13(8-23-25)11-5-6-12(15(21)7-11)10-26-16-4-2-3-14(20)17(16)18(24-26)19(22)27;7-6-4-2-1-3-5-6/h2-9H,10H2,1H3,(H2,22,27);6-7H,1-5H2. The molecule has 0 spiro atoms. The Morgan fingerprint density at radius 1 is 1.12 bits per heavy atom. The molecule has 3 N–H and O–H groups in total. The highest BCUT2D eigenvalue weighted by molar-refractivity contribution is 6.04. The molecule has 4 aromatic rings. The molecule has 0 unspecified atom stereocenters. The normalized spacial score (nSPS) is 14.1. The Morgan fingerprint density at radius 3 is 2.47 bits per heavy atom. The molecular formula is C25H27F2N5O2. The summed E-state index contributed by atoms with van der Waals surface area (Å²) >= 11 is 0. The number of amides is 1. The molecule has 0 aliphatic heterocycles. The SMILES string of the molecule is Cn1cc(-c2ccc(Cn3nc(C(N)=O)c4c(F)cccc43)c(F)c2)cn1.OC1CCCCC1. The summed E-state index contributed by atoms with van der Waals surface area (Å²) in [7, 11) is 1.78. The van der Waals surface area contributed by atoms with Crippen LogP contribution in [0.5, 0.6) is 0 Å². The third-order valence-electron chi connectivity index (χ3n) is 5.95. The fourth-order valence-electron chi connectivity index (χ4n) is 4.15. The second-order valence-electron chi connectivity index (χ2n) is 8.51. The minimum atomic E-state index is -0.837. The van der Waals surface area contributed by atoms with E-state index in [9.17, 15) is 13.6 Å². The van der Waals surface area contributed by atoms with Gasteiger partial charge >= 0.3 is 0 Å². The van der Waals surface area contributed by atoms with Gasteiger partial charge in [0.15, 0.2) is 5.69 Å². The van der Waals surface area contributed by atoms with Crippen LogP contribution >= 0.6 is 0 Å². The molecule has 34 heavy (non-hydrogen) atoms. The lowest BCUT2D eigenvalue weighted by Gasteiger charge is -2.14. The Labute approximate surface area is 195 Å². The first kappa shape index (κ1) is 23.6. The zero-order valence-electron chi connectivity index (χ0n) is 18.9. The van der Waals surface area contributed by atoms with Crippen LogP contribution in [0.4, 0.5) is 8.78 Å². The lowest BCUT2D eigenvalue weighted by atomic mass is 9.98. The summed E-state index contributed by atoms with van der Waals surface area (Å²) in [5, 5.41) is 17.1. The summed E-state index contributed by atoms with van der Waals surface area (Å²) < 4.78 is 31.8. The van der Waals surface area contributed by atoms with Crippen molar-refractivity contribution < 1.29 is 18.7 Å². The Balaban J connectivity index is 0.000000336. The fourth-order valence-corrected chi connectivity index (χ4v) is 4.15. The van der Waals surface area contributed by atoms with Gasteiger partial charge in [-0.1, -0.05) is 37.5 Å².